The summed E-state index contributed by atoms with van der Waals surface area (Å²) in [6.45, 7) is 6.42. The van der Waals surface area contributed by atoms with E-state index in [1.165, 1.54) is 5.56 Å². The van der Waals surface area contributed by atoms with E-state index in [4.69, 9.17) is 5.73 Å². The second kappa shape index (κ2) is 6.55. The highest BCUT2D eigenvalue weighted by Gasteiger charge is 2.09. The maximum Gasteiger partial charge on any atom is 0.0657 e. The van der Waals surface area contributed by atoms with E-state index in [9.17, 15) is 0 Å². The van der Waals surface area contributed by atoms with Crippen molar-refractivity contribution in [2.24, 2.45) is 5.73 Å². The van der Waals surface area contributed by atoms with Crippen LogP contribution in [0.3, 0.4) is 0 Å². The van der Waals surface area contributed by atoms with Crippen molar-refractivity contribution in [3.8, 4) is 5.69 Å². The molecule has 0 spiro atoms. The van der Waals surface area contributed by atoms with Gasteiger partial charge < -0.3 is 5.73 Å². The fourth-order valence-corrected chi connectivity index (χ4v) is 2.59. The zero-order chi connectivity index (χ0) is 14.7. The van der Waals surface area contributed by atoms with Crippen LogP contribution in [0.1, 0.15) is 44.4 Å². The summed E-state index contributed by atoms with van der Waals surface area (Å²) in [5.74, 6) is 0.446. The van der Waals surface area contributed by atoms with Crippen LogP contribution in [0, 0.1) is 0 Å². The molecule has 0 aliphatic rings. The number of rotatable bonds is 5. The van der Waals surface area contributed by atoms with E-state index in [0.717, 1.165) is 28.7 Å². The predicted octanol–water partition coefficient (Wildman–Crippen LogP) is 4.04. The van der Waals surface area contributed by atoms with Gasteiger partial charge >= 0.3 is 0 Å². The molecule has 108 valence electrons. The van der Waals surface area contributed by atoms with Crippen molar-refractivity contribution in [3.63, 3.8) is 0 Å². The average Bonchev–Trinajstić information content (AvgIpc) is 2.90. The Kier molecular flexibility index (Phi) is 5.00. The summed E-state index contributed by atoms with van der Waals surface area (Å²) in [7, 11) is 0. The summed E-state index contributed by atoms with van der Waals surface area (Å²) >= 11 is 3.64. The van der Waals surface area contributed by atoms with Crippen LogP contribution >= 0.6 is 15.9 Å². The lowest BCUT2D eigenvalue weighted by atomic mass is 10.0. The third-order valence-electron chi connectivity index (χ3n) is 3.51. The molecule has 0 amide bonds. The first-order chi connectivity index (χ1) is 9.51. The number of hydrogen-bond acceptors (Lipinski definition) is 2. The number of hydrogen-bond donors (Lipinski definition) is 1. The first-order valence-corrected chi connectivity index (χ1v) is 7.90. The summed E-state index contributed by atoms with van der Waals surface area (Å²) < 4.78 is 3.02. The van der Waals surface area contributed by atoms with Gasteiger partial charge in [-0.1, -0.05) is 42.8 Å². The van der Waals surface area contributed by atoms with Gasteiger partial charge in [-0.3, -0.25) is 0 Å². The first-order valence-electron chi connectivity index (χ1n) is 7.11. The van der Waals surface area contributed by atoms with Gasteiger partial charge in [-0.2, -0.15) is 5.10 Å². The standard InChI is InChI=1S/C16H22BrN3/c1-4-13(18)9-12-5-6-14(10-15(12)17)20-8-7-16(19-20)11(2)3/h5-8,10-11,13H,4,9,18H2,1-3H3. The highest BCUT2D eigenvalue weighted by atomic mass is 79.9. The number of halogens is 1. The Morgan fingerprint density at radius 1 is 1.30 bits per heavy atom. The minimum Gasteiger partial charge on any atom is -0.327 e. The minimum atomic E-state index is 0.217. The van der Waals surface area contributed by atoms with Crippen molar-refractivity contribution >= 4 is 15.9 Å². The van der Waals surface area contributed by atoms with Gasteiger partial charge in [-0.15, -0.1) is 0 Å². The lowest BCUT2D eigenvalue weighted by Crippen LogP contribution is -2.21. The number of aromatic nitrogens is 2. The maximum absolute atomic E-state index is 6.02. The average molecular weight is 336 g/mol. The Balaban J connectivity index is 2.23. The van der Waals surface area contributed by atoms with Crippen molar-refractivity contribution < 1.29 is 0 Å². The Labute approximate surface area is 129 Å². The molecule has 1 aromatic heterocycles. The lowest BCUT2D eigenvalue weighted by molar-refractivity contribution is 0.645. The van der Waals surface area contributed by atoms with Gasteiger partial charge in [-0.25, -0.2) is 4.68 Å². The van der Waals surface area contributed by atoms with E-state index in [1.54, 1.807) is 0 Å². The lowest BCUT2D eigenvalue weighted by Gasteiger charge is -2.12. The van der Waals surface area contributed by atoms with Crippen molar-refractivity contribution in [1.29, 1.82) is 0 Å². The van der Waals surface area contributed by atoms with Crippen LogP contribution in [0.15, 0.2) is 34.9 Å². The normalized spacial score (nSPS) is 12.9. The van der Waals surface area contributed by atoms with Crippen LogP contribution in [-0.4, -0.2) is 15.8 Å². The molecule has 0 radical (unpaired) electrons. The molecule has 1 aromatic carbocycles. The largest absolute Gasteiger partial charge is 0.327 e. The van der Waals surface area contributed by atoms with E-state index in [-0.39, 0.29) is 6.04 Å². The molecule has 2 N–H and O–H groups in total. The summed E-state index contributed by atoms with van der Waals surface area (Å²) in [6.07, 6.45) is 3.90. The second-order valence-corrected chi connectivity index (χ2v) is 6.34. The molecule has 2 aromatic rings. The molecule has 3 nitrogen and oxygen atoms in total. The Hall–Kier alpha value is -1.13. The van der Waals surface area contributed by atoms with Crippen LogP contribution in [0.2, 0.25) is 0 Å². The minimum absolute atomic E-state index is 0.217. The Bertz CT molecular complexity index is 575. The van der Waals surface area contributed by atoms with Crippen molar-refractivity contribution in [2.45, 2.75) is 45.6 Å². The third kappa shape index (κ3) is 3.49. The zero-order valence-corrected chi connectivity index (χ0v) is 13.9. The highest BCUT2D eigenvalue weighted by molar-refractivity contribution is 9.10. The molecule has 1 unspecified atom stereocenters. The number of benzene rings is 1. The molecule has 2 rings (SSSR count). The molecule has 0 bridgehead atoms. The van der Waals surface area contributed by atoms with Crippen molar-refractivity contribution in [3.05, 3.63) is 46.2 Å². The van der Waals surface area contributed by atoms with E-state index in [1.807, 2.05) is 10.9 Å². The van der Waals surface area contributed by atoms with Gasteiger partial charge in [0.2, 0.25) is 0 Å². The fraction of sp³-hybridized carbons (Fsp3) is 0.438. The van der Waals surface area contributed by atoms with Gasteiger partial charge in [0.05, 0.1) is 11.4 Å². The quantitative estimate of drug-likeness (QED) is 0.896. The predicted molar refractivity (Wildman–Crippen MR) is 87.3 cm³/mol. The van der Waals surface area contributed by atoms with Crippen LogP contribution in [0.4, 0.5) is 0 Å². The van der Waals surface area contributed by atoms with E-state index < -0.39 is 0 Å². The molecule has 0 saturated carbocycles. The third-order valence-corrected chi connectivity index (χ3v) is 4.25. The summed E-state index contributed by atoms with van der Waals surface area (Å²) in [5, 5.41) is 4.60. The second-order valence-electron chi connectivity index (χ2n) is 5.49. The molecular formula is C16H22BrN3. The van der Waals surface area contributed by atoms with Gasteiger partial charge in [0.25, 0.3) is 0 Å². The first kappa shape index (κ1) is 15.3. The van der Waals surface area contributed by atoms with Crippen molar-refractivity contribution in [1.82, 2.24) is 9.78 Å². The van der Waals surface area contributed by atoms with Crippen LogP contribution in [0.5, 0.6) is 0 Å². The van der Waals surface area contributed by atoms with Crippen LogP contribution < -0.4 is 5.73 Å². The van der Waals surface area contributed by atoms with Gasteiger partial charge in [0.1, 0.15) is 0 Å². The van der Waals surface area contributed by atoms with Gasteiger partial charge in [0, 0.05) is 16.7 Å². The number of nitrogens with two attached hydrogens (primary N) is 1. The molecule has 4 heteroatoms. The Morgan fingerprint density at radius 3 is 2.60 bits per heavy atom. The molecule has 1 atom stereocenters. The van der Waals surface area contributed by atoms with Crippen LogP contribution in [0.25, 0.3) is 5.69 Å². The van der Waals surface area contributed by atoms with Crippen LogP contribution in [-0.2, 0) is 6.42 Å². The van der Waals surface area contributed by atoms with E-state index in [2.05, 4.69) is 66.1 Å². The highest BCUT2D eigenvalue weighted by Crippen LogP contribution is 2.23. The van der Waals surface area contributed by atoms with E-state index >= 15 is 0 Å². The van der Waals surface area contributed by atoms with Gasteiger partial charge in [-0.05, 0) is 42.5 Å². The van der Waals surface area contributed by atoms with E-state index in [0.29, 0.717) is 5.92 Å². The topological polar surface area (TPSA) is 43.8 Å². The SMILES string of the molecule is CCC(N)Cc1ccc(-n2ccc(C(C)C)n2)cc1Br. The zero-order valence-electron chi connectivity index (χ0n) is 12.3. The van der Waals surface area contributed by atoms with Crippen molar-refractivity contribution in [2.75, 3.05) is 0 Å². The molecular weight excluding hydrogens is 314 g/mol. The maximum atomic E-state index is 6.02. The van der Waals surface area contributed by atoms with Gasteiger partial charge in [0.15, 0.2) is 0 Å². The molecule has 1 heterocycles. The molecule has 0 fully saturated rings. The molecule has 0 aliphatic carbocycles. The smallest absolute Gasteiger partial charge is 0.0657 e. The summed E-state index contributed by atoms with van der Waals surface area (Å²) in [4.78, 5) is 0. The number of nitrogens with zero attached hydrogens (tertiary/aromatic N) is 2. The molecule has 0 saturated heterocycles. The summed E-state index contributed by atoms with van der Waals surface area (Å²) in [6, 6.07) is 8.62. The molecule has 20 heavy (non-hydrogen) atoms. The fourth-order valence-electron chi connectivity index (χ4n) is 2.06. The Morgan fingerprint density at radius 2 is 2.05 bits per heavy atom. The molecule has 0 aliphatic heterocycles. The monoisotopic (exact) mass is 335 g/mol. The summed E-state index contributed by atoms with van der Waals surface area (Å²) in [5.41, 5.74) is 9.45.